The first-order chi connectivity index (χ1) is 13.0. The molecule has 1 heterocycles. The Morgan fingerprint density at radius 1 is 0.889 bits per heavy atom. The molecule has 0 bridgehead atoms. The highest BCUT2D eigenvalue weighted by molar-refractivity contribution is 5.77. The van der Waals surface area contributed by atoms with Crippen LogP contribution in [0.3, 0.4) is 0 Å². The average molecular weight is 381 g/mol. The summed E-state index contributed by atoms with van der Waals surface area (Å²) in [4.78, 5) is 16.0. The Balaban J connectivity index is 1.46. The monoisotopic (exact) mass is 381 g/mol. The third-order valence-electron chi connectivity index (χ3n) is 4.51. The lowest BCUT2D eigenvalue weighted by atomic mass is 10.2. The van der Waals surface area contributed by atoms with Crippen LogP contribution in [0.2, 0.25) is 0 Å². The molecule has 0 radical (unpaired) electrons. The number of anilines is 2. The third kappa shape index (κ3) is 4.50. The molecular weight excluding hydrogens is 362 g/mol. The Morgan fingerprint density at radius 3 is 2.22 bits per heavy atom. The number of carbonyl (C=O) groups excluding carboxylic acids is 1. The Morgan fingerprint density at radius 2 is 1.56 bits per heavy atom. The number of piperazine rings is 1. The molecule has 1 fully saturated rings. The molecule has 3 rings (SSSR count). The first-order valence-corrected chi connectivity index (χ1v) is 8.61. The van der Waals surface area contributed by atoms with Crippen molar-refractivity contribution in [3.8, 4) is 0 Å². The van der Waals surface area contributed by atoms with Crippen LogP contribution in [0, 0.1) is 23.3 Å². The van der Waals surface area contributed by atoms with Crippen molar-refractivity contribution < 1.29 is 22.4 Å². The summed E-state index contributed by atoms with van der Waals surface area (Å²) in [5.41, 5.74) is 0.724. The van der Waals surface area contributed by atoms with Crippen molar-refractivity contribution in [3.63, 3.8) is 0 Å². The van der Waals surface area contributed by atoms with Crippen LogP contribution in [0.4, 0.5) is 28.9 Å². The molecule has 2 aromatic rings. The van der Waals surface area contributed by atoms with Gasteiger partial charge in [0, 0.05) is 44.8 Å². The van der Waals surface area contributed by atoms with E-state index in [1.165, 1.54) is 12.1 Å². The van der Waals surface area contributed by atoms with Crippen molar-refractivity contribution in [2.45, 2.75) is 6.42 Å². The minimum Gasteiger partial charge on any atom is -0.382 e. The summed E-state index contributed by atoms with van der Waals surface area (Å²) in [6, 6.07) is 8.13. The van der Waals surface area contributed by atoms with Crippen LogP contribution in [-0.4, -0.2) is 43.5 Å². The molecule has 0 unspecified atom stereocenters. The van der Waals surface area contributed by atoms with E-state index in [1.807, 2.05) is 0 Å². The molecular formula is C19H19F4N3O. The molecule has 8 heteroatoms. The van der Waals surface area contributed by atoms with Crippen LogP contribution in [0.25, 0.3) is 0 Å². The highest BCUT2D eigenvalue weighted by atomic mass is 19.2. The van der Waals surface area contributed by atoms with Crippen molar-refractivity contribution in [3.05, 3.63) is 59.7 Å². The fourth-order valence-corrected chi connectivity index (χ4v) is 2.99. The zero-order chi connectivity index (χ0) is 19.4. The maximum Gasteiger partial charge on any atom is 0.224 e. The Bertz CT molecular complexity index is 805. The summed E-state index contributed by atoms with van der Waals surface area (Å²) >= 11 is 0. The molecule has 2 aromatic carbocycles. The molecule has 0 aliphatic carbocycles. The molecule has 1 aliphatic rings. The zero-order valence-corrected chi connectivity index (χ0v) is 14.5. The van der Waals surface area contributed by atoms with Crippen molar-refractivity contribution in [2.75, 3.05) is 42.9 Å². The van der Waals surface area contributed by atoms with Crippen molar-refractivity contribution in [2.24, 2.45) is 0 Å². The van der Waals surface area contributed by atoms with Crippen molar-refractivity contribution >= 4 is 17.3 Å². The highest BCUT2D eigenvalue weighted by Gasteiger charge is 2.21. The molecule has 4 nitrogen and oxygen atoms in total. The number of hydrogen-bond acceptors (Lipinski definition) is 3. The van der Waals surface area contributed by atoms with Crippen LogP contribution in [-0.2, 0) is 4.79 Å². The van der Waals surface area contributed by atoms with Crippen molar-refractivity contribution in [1.82, 2.24) is 4.90 Å². The molecule has 1 saturated heterocycles. The first-order valence-electron chi connectivity index (χ1n) is 8.61. The van der Waals surface area contributed by atoms with Gasteiger partial charge < -0.3 is 15.1 Å². The van der Waals surface area contributed by atoms with Crippen LogP contribution >= 0.6 is 0 Å². The lowest BCUT2D eigenvalue weighted by molar-refractivity contribution is -0.131. The second-order valence-electron chi connectivity index (χ2n) is 6.24. The lowest BCUT2D eigenvalue weighted by Crippen LogP contribution is -2.49. The van der Waals surface area contributed by atoms with Gasteiger partial charge in [-0.3, -0.25) is 4.79 Å². The first kappa shape index (κ1) is 19.0. The number of nitrogens with one attached hydrogen (secondary N) is 1. The summed E-state index contributed by atoms with van der Waals surface area (Å²) in [7, 11) is 0. The van der Waals surface area contributed by atoms with E-state index in [0.29, 0.717) is 26.2 Å². The van der Waals surface area contributed by atoms with Crippen LogP contribution < -0.4 is 10.2 Å². The molecule has 1 amide bonds. The Kier molecular flexibility index (Phi) is 5.83. The second kappa shape index (κ2) is 8.28. The number of nitrogens with zero attached hydrogens (tertiary/aromatic N) is 2. The lowest BCUT2D eigenvalue weighted by Gasteiger charge is -2.36. The van der Waals surface area contributed by atoms with E-state index in [9.17, 15) is 22.4 Å². The van der Waals surface area contributed by atoms with E-state index in [1.54, 1.807) is 17.0 Å². The van der Waals surface area contributed by atoms with E-state index >= 15 is 0 Å². The smallest absolute Gasteiger partial charge is 0.224 e. The molecule has 0 saturated carbocycles. The molecule has 27 heavy (non-hydrogen) atoms. The Labute approximate surface area is 154 Å². The second-order valence-corrected chi connectivity index (χ2v) is 6.24. The van der Waals surface area contributed by atoms with Gasteiger partial charge >= 0.3 is 0 Å². The molecule has 144 valence electrons. The van der Waals surface area contributed by atoms with Gasteiger partial charge in [0.2, 0.25) is 5.91 Å². The third-order valence-corrected chi connectivity index (χ3v) is 4.51. The van der Waals surface area contributed by atoms with E-state index in [2.05, 4.69) is 10.2 Å². The van der Waals surface area contributed by atoms with Gasteiger partial charge in [-0.2, -0.15) is 0 Å². The summed E-state index contributed by atoms with van der Waals surface area (Å²) < 4.78 is 52.6. The molecule has 1 N–H and O–H groups in total. The summed E-state index contributed by atoms with van der Waals surface area (Å²) in [5.74, 6) is -4.49. The number of amides is 1. The summed E-state index contributed by atoms with van der Waals surface area (Å²) in [6.07, 6.45) is 0.106. The number of rotatable bonds is 5. The quantitative estimate of drug-likeness (QED) is 0.637. The maximum absolute atomic E-state index is 13.6. The van der Waals surface area contributed by atoms with Crippen LogP contribution in [0.1, 0.15) is 6.42 Å². The van der Waals surface area contributed by atoms with Gasteiger partial charge in [-0.1, -0.05) is 0 Å². The minimum absolute atomic E-state index is 0.106. The van der Waals surface area contributed by atoms with Gasteiger partial charge in [-0.15, -0.1) is 0 Å². The summed E-state index contributed by atoms with van der Waals surface area (Å²) in [5, 5.41) is 2.62. The highest BCUT2D eigenvalue weighted by Crippen LogP contribution is 2.20. The SMILES string of the molecule is O=C(CCNc1ccc(F)c(F)c1F)N1CCN(c2ccc(F)cc2)CC1. The molecule has 0 atom stereocenters. The number of halogens is 4. The van der Waals surface area contributed by atoms with Crippen molar-refractivity contribution in [1.29, 1.82) is 0 Å². The number of carbonyl (C=O) groups is 1. The number of benzene rings is 2. The normalized spacial score (nSPS) is 14.4. The predicted octanol–water partition coefficient (Wildman–Crippen LogP) is 3.39. The largest absolute Gasteiger partial charge is 0.382 e. The standard InChI is InChI=1S/C19H19F4N3O/c20-13-1-3-14(4-2-13)25-9-11-26(12-10-25)17(27)7-8-24-16-6-5-15(21)18(22)19(16)23/h1-6,24H,7-12H2. The number of hydrogen-bond donors (Lipinski definition) is 1. The molecule has 1 aliphatic heterocycles. The van der Waals surface area contributed by atoms with E-state index in [0.717, 1.165) is 17.8 Å². The summed E-state index contributed by atoms with van der Waals surface area (Å²) in [6.45, 7) is 2.41. The predicted molar refractivity (Wildman–Crippen MR) is 94.6 cm³/mol. The van der Waals surface area contributed by atoms with Gasteiger partial charge in [-0.05, 0) is 36.4 Å². The molecule has 0 spiro atoms. The van der Waals surface area contributed by atoms with Gasteiger partial charge in [0.05, 0.1) is 5.69 Å². The fraction of sp³-hybridized carbons (Fsp3) is 0.316. The van der Waals surface area contributed by atoms with Crippen LogP contribution in [0.15, 0.2) is 36.4 Å². The van der Waals surface area contributed by atoms with Gasteiger partial charge in [0.1, 0.15) is 5.82 Å². The van der Waals surface area contributed by atoms with Gasteiger partial charge in [0.15, 0.2) is 17.5 Å². The van der Waals surface area contributed by atoms with E-state index in [4.69, 9.17) is 0 Å². The zero-order valence-electron chi connectivity index (χ0n) is 14.5. The average Bonchev–Trinajstić information content (AvgIpc) is 2.68. The topological polar surface area (TPSA) is 35.6 Å². The molecule has 0 aromatic heterocycles. The minimum atomic E-state index is -1.54. The fourth-order valence-electron chi connectivity index (χ4n) is 2.99. The van der Waals surface area contributed by atoms with E-state index < -0.39 is 17.5 Å². The van der Waals surface area contributed by atoms with E-state index in [-0.39, 0.29) is 30.4 Å². The maximum atomic E-state index is 13.6. The van der Waals surface area contributed by atoms with Crippen LogP contribution in [0.5, 0.6) is 0 Å². The van der Waals surface area contributed by atoms with Gasteiger partial charge in [-0.25, -0.2) is 17.6 Å². The van der Waals surface area contributed by atoms with Gasteiger partial charge in [0.25, 0.3) is 0 Å². The Hall–Kier alpha value is -2.77.